The number of nitrogens with one attached hydrogen (secondary N) is 1. The number of nitrogens with two attached hydrogens (primary N) is 1. The summed E-state index contributed by atoms with van der Waals surface area (Å²) in [5.74, 6) is 5.64. The van der Waals surface area contributed by atoms with Gasteiger partial charge in [0.1, 0.15) is 0 Å². The molecule has 1 aromatic carbocycles. The smallest absolute Gasteiger partial charge is 0.0471 e. The van der Waals surface area contributed by atoms with Gasteiger partial charge in [0.15, 0.2) is 0 Å². The van der Waals surface area contributed by atoms with Gasteiger partial charge in [-0.15, -0.1) is 0 Å². The van der Waals surface area contributed by atoms with Crippen molar-refractivity contribution < 1.29 is 0 Å². The van der Waals surface area contributed by atoms with Crippen molar-refractivity contribution in [2.24, 2.45) is 5.84 Å². The zero-order chi connectivity index (χ0) is 12.7. The summed E-state index contributed by atoms with van der Waals surface area (Å²) < 4.78 is 2.18. The van der Waals surface area contributed by atoms with Crippen LogP contribution in [0.15, 0.2) is 27.1 Å². The van der Waals surface area contributed by atoms with Gasteiger partial charge in [0.05, 0.1) is 0 Å². The summed E-state index contributed by atoms with van der Waals surface area (Å²) in [7, 11) is 0. The van der Waals surface area contributed by atoms with Gasteiger partial charge < -0.3 is 0 Å². The van der Waals surface area contributed by atoms with Crippen LogP contribution in [0.25, 0.3) is 0 Å². The summed E-state index contributed by atoms with van der Waals surface area (Å²) in [6.07, 6.45) is 6.15. The normalized spacial score (nSPS) is 12.7. The number of halogens is 2. The van der Waals surface area contributed by atoms with Gasteiger partial charge in [-0.3, -0.25) is 11.3 Å². The van der Waals surface area contributed by atoms with Crippen LogP contribution in [-0.4, -0.2) is 0 Å². The minimum atomic E-state index is 0.231. The molecule has 0 spiro atoms. The molecule has 0 saturated carbocycles. The molecule has 0 heterocycles. The van der Waals surface area contributed by atoms with Gasteiger partial charge in [0.25, 0.3) is 0 Å². The molecule has 0 aliphatic rings. The van der Waals surface area contributed by atoms with E-state index in [-0.39, 0.29) is 6.04 Å². The fraction of sp³-hybridized carbons (Fsp3) is 0.538. The average Bonchev–Trinajstić information content (AvgIpc) is 2.31. The summed E-state index contributed by atoms with van der Waals surface area (Å²) in [5, 5.41) is 0. The van der Waals surface area contributed by atoms with E-state index >= 15 is 0 Å². The van der Waals surface area contributed by atoms with Crippen LogP contribution in [0, 0.1) is 0 Å². The third-order valence-electron chi connectivity index (χ3n) is 2.89. The van der Waals surface area contributed by atoms with Crippen molar-refractivity contribution in [3.63, 3.8) is 0 Å². The fourth-order valence-electron chi connectivity index (χ4n) is 1.89. The quantitative estimate of drug-likeness (QED) is 0.419. The molecule has 1 atom stereocenters. The Morgan fingerprint density at radius 1 is 1.24 bits per heavy atom. The predicted octanol–water partition coefficient (Wildman–Crippen LogP) is 4.69. The molecular formula is C13H20Br2N2. The van der Waals surface area contributed by atoms with E-state index in [2.05, 4.69) is 62.4 Å². The Bertz CT molecular complexity index is 342. The van der Waals surface area contributed by atoms with E-state index in [0.29, 0.717) is 0 Å². The van der Waals surface area contributed by atoms with E-state index in [4.69, 9.17) is 5.84 Å². The van der Waals surface area contributed by atoms with Crippen molar-refractivity contribution in [2.45, 2.75) is 45.1 Å². The maximum absolute atomic E-state index is 5.64. The molecule has 0 saturated heterocycles. The lowest BCUT2D eigenvalue weighted by molar-refractivity contribution is 0.480. The summed E-state index contributed by atoms with van der Waals surface area (Å²) in [5.41, 5.74) is 4.14. The van der Waals surface area contributed by atoms with Gasteiger partial charge in [-0.2, -0.15) is 0 Å². The van der Waals surface area contributed by atoms with Crippen molar-refractivity contribution in [1.82, 2.24) is 5.43 Å². The highest BCUT2D eigenvalue weighted by Crippen LogP contribution is 2.29. The molecule has 1 aromatic rings. The molecule has 2 nitrogen and oxygen atoms in total. The lowest BCUT2D eigenvalue weighted by Crippen LogP contribution is -2.28. The minimum Gasteiger partial charge on any atom is -0.271 e. The first-order valence-corrected chi connectivity index (χ1v) is 7.68. The first-order valence-electron chi connectivity index (χ1n) is 6.10. The van der Waals surface area contributed by atoms with Crippen molar-refractivity contribution in [3.8, 4) is 0 Å². The van der Waals surface area contributed by atoms with Crippen LogP contribution >= 0.6 is 31.9 Å². The van der Waals surface area contributed by atoms with Crippen LogP contribution in [0.2, 0.25) is 0 Å². The molecule has 0 aliphatic heterocycles. The Balaban J connectivity index is 2.59. The third kappa shape index (κ3) is 5.08. The molecule has 0 aromatic heterocycles. The lowest BCUT2D eigenvalue weighted by Gasteiger charge is -2.18. The summed E-state index contributed by atoms with van der Waals surface area (Å²) in [6, 6.07) is 6.45. The second kappa shape index (κ2) is 8.25. The first-order chi connectivity index (χ1) is 8.19. The Kier molecular flexibility index (Phi) is 7.35. The van der Waals surface area contributed by atoms with Crippen molar-refractivity contribution >= 4 is 31.9 Å². The van der Waals surface area contributed by atoms with E-state index in [1.54, 1.807) is 0 Å². The van der Waals surface area contributed by atoms with Gasteiger partial charge in [0, 0.05) is 15.0 Å². The number of hydrogen-bond acceptors (Lipinski definition) is 2. The van der Waals surface area contributed by atoms with Crippen LogP contribution in [0.4, 0.5) is 0 Å². The maximum Gasteiger partial charge on any atom is 0.0471 e. The largest absolute Gasteiger partial charge is 0.271 e. The van der Waals surface area contributed by atoms with Crippen LogP contribution in [0.1, 0.15) is 50.6 Å². The van der Waals surface area contributed by atoms with Crippen LogP contribution in [-0.2, 0) is 0 Å². The number of unbranched alkanes of at least 4 members (excludes halogenated alkanes) is 3. The molecule has 3 N–H and O–H groups in total. The standard InChI is InChI=1S/C13H20Br2N2/c1-2-3-4-5-6-13(17-16)11-8-7-10(14)9-12(11)15/h7-9,13,17H,2-6,16H2,1H3. The van der Waals surface area contributed by atoms with E-state index in [1.165, 1.54) is 31.2 Å². The molecule has 1 rings (SSSR count). The second-order valence-electron chi connectivity index (χ2n) is 4.23. The number of benzene rings is 1. The van der Waals surface area contributed by atoms with Crippen LogP contribution in [0.3, 0.4) is 0 Å². The molecular weight excluding hydrogens is 344 g/mol. The van der Waals surface area contributed by atoms with E-state index in [9.17, 15) is 0 Å². The highest BCUT2D eigenvalue weighted by molar-refractivity contribution is 9.11. The number of hydrogen-bond donors (Lipinski definition) is 2. The second-order valence-corrected chi connectivity index (χ2v) is 6.00. The monoisotopic (exact) mass is 362 g/mol. The molecule has 0 amide bonds. The molecule has 0 radical (unpaired) electrons. The van der Waals surface area contributed by atoms with Crippen LogP contribution < -0.4 is 11.3 Å². The molecule has 96 valence electrons. The minimum absolute atomic E-state index is 0.231. The maximum atomic E-state index is 5.64. The molecule has 17 heavy (non-hydrogen) atoms. The Hall–Kier alpha value is 0.1000. The fourth-order valence-corrected chi connectivity index (χ4v) is 3.21. The van der Waals surface area contributed by atoms with E-state index < -0.39 is 0 Å². The van der Waals surface area contributed by atoms with Crippen molar-refractivity contribution in [3.05, 3.63) is 32.7 Å². The van der Waals surface area contributed by atoms with Gasteiger partial charge in [0.2, 0.25) is 0 Å². The molecule has 0 bridgehead atoms. The van der Waals surface area contributed by atoms with Crippen LogP contribution in [0.5, 0.6) is 0 Å². The Morgan fingerprint density at radius 3 is 2.59 bits per heavy atom. The topological polar surface area (TPSA) is 38.0 Å². The predicted molar refractivity (Wildman–Crippen MR) is 80.7 cm³/mol. The molecule has 0 fully saturated rings. The number of hydrazine groups is 1. The zero-order valence-electron chi connectivity index (χ0n) is 10.2. The summed E-state index contributed by atoms with van der Waals surface area (Å²) in [4.78, 5) is 0. The first kappa shape index (κ1) is 15.2. The zero-order valence-corrected chi connectivity index (χ0v) is 13.4. The van der Waals surface area contributed by atoms with E-state index in [0.717, 1.165) is 15.4 Å². The highest BCUT2D eigenvalue weighted by Gasteiger charge is 2.12. The van der Waals surface area contributed by atoms with Gasteiger partial charge >= 0.3 is 0 Å². The van der Waals surface area contributed by atoms with Crippen molar-refractivity contribution in [2.75, 3.05) is 0 Å². The lowest BCUT2D eigenvalue weighted by atomic mass is 10.0. The van der Waals surface area contributed by atoms with Crippen molar-refractivity contribution in [1.29, 1.82) is 0 Å². The molecule has 0 aliphatic carbocycles. The number of rotatable bonds is 7. The SMILES string of the molecule is CCCCCCC(NN)c1ccc(Br)cc1Br. The molecule has 4 heteroatoms. The summed E-state index contributed by atoms with van der Waals surface area (Å²) in [6.45, 7) is 2.23. The highest BCUT2D eigenvalue weighted by atomic mass is 79.9. The summed E-state index contributed by atoms with van der Waals surface area (Å²) >= 11 is 7.04. The molecule has 1 unspecified atom stereocenters. The Morgan fingerprint density at radius 2 is 2.00 bits per heavy atom. The third-order valence-corrected chi connectivity index (χ3v) is 4.07. The van der Waals surface area contributed by atoms with Gasteiger partial charge in [-0.05, 0) is 24.1 Å². The van der Waals surface area contributed by atoms with E-state index in [1.807, 2.05) is 0 Å². The van der Waals surface area contributed by atoms with Gasteiger partial charge in [-0.1, -0.05) is 70.5 Å². The van der Waals surface area contributed by atoms with Gasteiger partial charge in [-0.25, -0.2) is 0 Å². The Labute approximate surface area is 121 Å². The average molecular weight is 364 g/mol.